The molecule has 0 saturated heterocycles. The van der Waals surface area contributed by atoms with Gasteiger partial charge in [0, 0.05) is 5.92 Å². The number of rotatable bonds is 3. The molecule has 1 aliphatic carbocycles. The third-order valence-electron chi connectivity index (χ3n) is 2.20. The van der Waals surface area contributed by atoms with Crippen LogP contribution in [-0.4, -0.2) is 18.4 Å². The van der Waals surface area contributed by atoms with Crippen molar-refractivity contribution in [1.29, 1.82) is 0 Å². The van der Waals surface area contributed by atoms with Crippen LogP contribution in [0.1, 0.15) is 32.6 Å². The van der Waals surface area contributed by atoms with Crippen LogP contribution >= 0.6 is 0 Å². The molecule has 0 bridgehead atoms. The van der Waals surface area contributed by atoms with Gasteiger partial charge in [0.15, 0.2) is 0 Å². The minimum absolute atomic E-state index is 0.0518. The van der Waals surface area contributed by atoms with Gasteiger partial charge < -0.3 is 4.74 Å². The number of carbonyl (C=O) groups is 2. The molecule has 0 radical (unpaired) electrons. The topological polar surface area (TPSA) is 43.4 Å². The van der Waals surface area contributed by atoms with Gasteiger partial charge in [0.1, 0.15) is 0 Å². The smallest absolute Gasteiger partial charge is 0.374 e. The molecule has 0 aromatic heterocycles. The van der Waals surface area contributed by atoms with E-state index in [0.29, 0.717) is 0 Å². The Kier molecular flexibility index (Phi) is 3.26. The molecule has 0 atom stereocenters. The fourth-order valence-electron chi connectivity index (χ4n) is 1.56. The number of esters is 1. The van der Waals surface area contributed by atoms with Crippen LogP contribution in [0.15, 0.2) is 0 Å². The van der Waals surface area contributed by atoms with Gasteiger partial charge in [0.25, 0.3) is 0 Å². The molecular weight excluding hydrogens is 156 g/mol. The summed E-state index contributed by atoms with van der Waals surface area (Å²) in [4.78, 5) is 22.2. The first-order valence-electron chi connectivity index (χ1n) is 4.46. The van der Waals surface area contributed by atoms with Crippen LogP contribution in [0.2, 0.25) is 0 Å². The Morgan fingerprint density at radius 1 is 1.33 bits per heavy atom. The average Bonchev–Trinajstić information content (AvgIpc) is 2.55. The molecule has 3 nitrogen and oxygen atoms in total. The van der Waals surface area contributed by atoms with Crippen LogP contribution in [0.5, 0.6) is 0 Å². The molecule has 1 rings (SSSR count). The van der Waals surface area contributed by atoms with Crippen LogP contribution in [0, 0.1) is 5.92 Å². The fourth-order valence-corrected chi connectivity index (χ4v) is 1.56. The lowest BCUT2D eigenvalue weighted by Crippen LogP contribution is -2.23. The van der Waals surface area contributed by atoms with Gasteiger partial charge in [-0.25, -0.2) is 4.79 Å². The van der Waals surface area contributed by atoms with Crippen molar-refractivity contribution in [3.05, 3.63) is 0 Å². The first-order valence-corrected chi connectivity index (χ1v) is 4.46. The van der Waals surface area contributed by atoms with E-state index in [-0.39, 0.29) is 18.3 Å². The standard InChI is InChI=1S/C9H14O3/c1-2-12-9(11)8(10)7-5-3-4-6-7/h7H,2-6H2,1H3. The molecule has 0 amide bonds. The minimum Gasteiger partial charge on any atom is -0.460 e. The number of hydrogen-bond donors (Lipinski definition) is 0. The van der Waals surface area contributed by atoms with Crippen molar-refractivity contribution >= 4 is 11.8 Å². The molecule has 1 fully saturated rings. The van der Waals surface area contributed by atoms with Crippen LogP contribution in [0.4, 0.5) is 0 Å². The van der Waals surface area contributed by atoms with Gasteiger partial charge in [-0.05, 0) is 19.8 Å². The Bertz CT molecular complexity index is 180. The number of ketones is 1. The largest absolute Gasteiger partial charge is 0.460 e. The second kappa shape index (κ2) is 4.24. The summed E-state index contributed by atoms with van der Waals surface area (Å²) in [6.07, 6.45) is 3.85. The molecule has 0 aliphatic heterocycles. The maximum atomic E-state index is 11.3. The molecular formula is C9H14O3. The first kappa shape index (κ1) is 9.23. The van der Waals surface area contributed by atoms with Gasteiger partial charge >= 0.3 is 5.97 Å². The van der Waals surface area contributed by atoms with Gasteiger partial charge in [0.05, 0.1) is 6.61 Å². The summed E-state index contributed by atoms with van der Waals surface area (Å²) >= 11 is 0. The van der Waals surface area contributed by atoms with Crippen LogP contribution in [0.3, 0.4) is 0 Å². The number of hydrogen-bond acceptors (Lipinski definition) is 3. The highest BCUT2D eigenvalue weighted by Crippen LogP contribution is 2.25. The predicted molar refractivity (Wildman–Crippen MR) is 43.6 cm³/mol. The summed E-state index contributed by atoms with van der Waals surface area (Å²) in [5, 5.41) is 0. The second-order valence-electron chi connectivity index (χ2n) is 3.07. The zero-order valence-corrected chi connectivity index (χ0v) is 7.34. The first-order chi connectivity index (χ1) is 5.75. The van der Waals surface area contributed by atoms with E-state index in [2.05, 4.69) is 4.74 Å². The predicted octanol–water partition coefficient (Wildman–Crippen LogP) is 1.31. The summed E-state index contributed by atoms with van der Waals surface area (Å²) in [5.41, 5.74) is 0. The van der Waals surface area contributed by atoms with E-state index in [1.807, 2.05) is 0 Å². The molecule has 0 heterocycles. The molecule has 0 N–H and O–H groups in total. The molecule has 0 spiro atoms. The fraction of sp³-hybridized carbons (Fsp3) is 0.778. The second-order valence-corrected chi connectivity index (χ2v) is 3.07. The van der Waals surface area contributed by atoms with E-state index in [4.69, 9.17) is 0 Å². The highest BCUT2D eigenvalue weighted by Gasteiger charge is 2.28. The zero-order valence-electron chi connectivity index (χ0n) is 7.34. The van der Waals surface area contributed by atoms with Gasteiger partial charge in [-0.1, -0.05) is 12.8 Å². The van der Waals surface area contributed by atoms with Crippen molar-refractivity contribution in [3.8, 4) is 0 Å². The van der Waals surface area contributed by atoms with Crippen molar-refractivity contribution < 1.29 is 14.3 Å². The highest BCUT2D eigenvalue weighted by molar-refractivity contribution is 6.34. The van der Waals surface area contributed by atoms with Crippen LogP contribution in [-0.2, 0) is 14.3 Å². The lowest BCUT2D eigenvalue weighted by Gasteiger charge is -2.05. The van der Waals surface area contributed by atoms with Crippen molar-refractivity contribution in [1.82, 2.24) is 0 Å². The molecule has 12 heavy (non-hydrogen) atoms. The van der Waals surface area contributed by atoms with E-state index in [1.54, 1.807) is 6.92 Å². The number of Topliss-reactive ketones (excluding diaryl/α,β-unsaturated/α-hetero) is 1. The SMILES string of the molecule is CCOC(=O)C(=O)C1CCCC1. The summed E-state index contributed by atoms with van der Waals surface area (Å²) in [6, 6.07) is 0. The molecule has 0 aromatic rings. The lowest BCUT2D eigenvalue weighted by atomic mass is 10.0. The number of carbonyl (C=O) groups excluding carboxylic acids is 2. The Balaban J connectivity index is 2.40. The summed E-state index contributed by atoms with van der Waals surface area (Å²) < 4.78 is 4.63. The highest BCUT2D eigenvalue weighted by atomic mass is 16.5. The van der Waals surface area contributed by atoms with E-state index in [1.165, 1.54) is 0 Å². The average molecular weight is 170 g/mol. The van der Waals surface area contributed by atoms with Crippen LogP contribution < -0.4 is 0 Å². The molecule has 0 unspecified atom stereocenters. The van der Waals surface area contributed by atoms with Crippen molar-refractivity contribution in [2.24, 2.45) is 5.92 Å². The summed E-state index contributed by atoms with van der Waals surface area (Å²) in [5.74, 6) is -1.03. The van der Waals surface area contributed by atoms with Gasteiger partial charge in [-0.3, -0.25) is 4.79 Å². The monoisotopic (exact) mass is 170 g/mol. The maximum absolute atomic E-state index is 11.3. The normalized spacial score (nSPS) is 17.8. The summed E-state index contributed by atoms with van der Waals surface area (Å²) in [6.45, 7) is 2.00. The van der Waals surface area contributed by atoms with Gasteiger partial charge in [0.2, 0.25) is 5.78 Å². The van der Waals surface area contributed by atoms with E-state index in [0.717, 1.165) is 25.7 Å². The molecule has 1 saturated carbocycles. The Morgan fingerprint density at radius 3 is 2.42 bits per heavy atom. The van der Waals surface area contributed by atoms with Gasteiger partial charge in [-0.2, -0.15) is 0 Å². The number of ether oxygens (including phenoxy) is 1. The quantitative estimate of drug-likeness (QED) is 0.473. The third-order valence-corrected chi connectivity index (χ3v) is 2.20. The van der Waals surface area contributed by atoms with E-state index >= 15 is 0 Å². The van der Waals surface area contributed by atoms with Crippen molar-refractivity contribution in [3.63, 3.8) is 0 Å². The lowest BCUT2D eigenvalue weighted by molar-refractivity contribution is -0.155. The van der Waals surface area contributed by atoms with Gasteiger partial charge in [-0.15, -0.1) is 0 Å². The van der Waals surface area contributed by atoms with E-state index < -0.39 is 5.97 Å². The molecule has 3 heteroatoms. The maximum Gasteiger partial charge on any atom is 0.374 e. The Morgan fingerprint density at radius 2 is 1.92 bits per heavy atom. The van der Waals surface area contributed by atoms with E-state index in [9.17, 15) is 9.59 Å². The van der Waals surface area contributed by atoms with Crippen LogP contribution in [0.25, 0.3) is 0 Å². The zero-order chi connectivity index (χ0) is 8.97. The minimum atomic E-state index is -0.649. The van der Waals surface area contributed by atoms with Crippen molar-refractivity contribution in [2.75, 3.05) is 6.61 Å². The third kappa shape index (κ3) is 2.06. The summed E-state index contributed by atoms with van der Waals surface area (Å²) in [7, 11) is 0. The van der Waals surface area contributed by atoms with Crippen molar-refractivity contribution in [2.45, 2.75) is 32.6 Å². The molecule has 0 aromatic carbocycles. The molecule has 68 valence electrons. The Hall–Kier alpha value is -0.860. The Labute approximate surface area is 72.1 Å². The molecule has 1 aliphatic rings.